The van der Waals surface area contributed by atoms with Crippen molar-refractivity contribution in [3.05, 3.63) is 34.9 Å². The molecule has 0 saturated heterocycles. The Balaban J connectivity index is 1.96. The van der Waals surface area contributed by atoms with Gasteiger partial charge >= 0.3 is 0 Å². The molecule has 0 radical (unpaired) electrons. The Labute approximate surface area is 180 Å². The smallest absolute Gasteiger partial charge is 0.247 e. The molecule has 1 amide bonds. The first-order valence-corrected chi connectivity index (χ1v) is 10.9. The number of carbonyl (C=O) groups excluding carboxylic acids is 1. The second-order valence-electron chi connectivity index (χ2n) is 11.1. The number of carbonyl (C=O) groups is 1. The zero-order valence-corrected chi connectivity index (χ0v) is 19.4. The topological polar surface area (TPSA) is 78.8 Å². The third kappa shape index (κ3) is 4.36. The molecule has 2 aliphatic rings. The molecule has 3 rings (SSSR count). The highest BCUT2D eigenvalue weighted by atomic mass is 16.5. The van der Waals surface area contributed by atoms with Crippen molar-refractivity contribution in [2.45, 2.75) is 90.2 Å². The highest BCUT2D eigenvalue weighted by Gasteiger charge is 2.47. The molecule has 0 aromatic heterocycles. The predicted octanol–water partition coefficient (Wildman–Crippen LogP) is 4.56. The van der Waals surface area contributed by atoms with Gasteiger partial charge in [0.2, 0.25) is 5.91 Å². The highest BCUT2D eigenvalue weighted by Crippen LogP contribution is 2.54. The Morgan fingerprint density at radius 3 is 2.50 bits per heavy atom. The molecule has 0 spiro atoms. The van der Waals surface area contributed by atoms with E-state index in [2.05, 4.69) is 46.0 Å². The average molecular weight is 416 g/mol. The van der Waals surface area contributed by atoms with Crippen LogP contribution in [0.3, 0.4) is 0 Å². The molecule has 1 heterocycles. The Hall–Kier alpha value is -2.01. The third-order valence-corrected chi connectivity index (χ3v) is 6.65. The summed E-state index contributed by atoms with van der Waals surface area (Å²) in [4.78, 5) is 13.0. The van der Waals surface area contributed by atoms with Gasteiger partial charge in [-0.2, -0.15) is 0 Å². The lowest BCUT2D eigenvalue weighted by molar-refractivity contribution is -0.119. The molecule has 0 fully saturated rings. The number of aromatic hydroxyl groups is 1. The number of ether oxygens (including phenoxy) is 1. The van der Waals surface area contributed by atoms with E-state index < -0.39 is 11.1 Å². The minimum absolute atomic E-state index is 0.0180. The molecule has 0 bridgehead atoms. The summed E-state index contributed by atoms with van der Waals surface area (Å²) >= 11 is 0. The number of aliphatic hydroxyl groups excluding tert-OH is 1. The predicted molar refractivity (Wildman–Crippen MR) is 119 cm³/mol. The fraction of sp³-hybridized carbons (Fsp3) is 0.640. The maximum absolute atomic E-state index is 13.0. The minimum Gasteiger partial charge on any atom is -0.508 e. The lowest BCUT2D eigenvalue weighted by atomic mass is 9.66. The van der Waals surface area contributed by atoms with Gasteiger partial charge in [-0.25, -0.2) is 0 Å². The molecule has 0 unspecified atom stereocenters. The van der Waals surface area contributed by atoms with E-state index in [1.54, 1.807) is 0 Å². The Morgan fingerprint density at radius 1 is 1.23 bits per heavy atom. The third-order valence-electron chi connectivity index (χ3n) is 6.65. The van der Waals surface area contributed by atoms with Crippen LogP contribution in [0.1, 0.15) is 84.8 Å². The first kappa shape index (κ1) is 22.7. The van der Waals surface area contributed by atoms with E-state index in [9.17, 15) is 15.0 Å². The van der Waals surface area contributed by atoms with E-state index in [1.165, 1.54) is 0 Å². The number of hydrogen-bond acceptors (Lipinski definition) is 4. The van der Waals surface area contributed by atoms with Crippen molar-refractivity contribution in [3.8, 4) is 11.5 Å². The fourth-order valence-corrected chi connectivity index (χ4v) is 4.74. The molecule has 166 valence electrons. The Bertz CT molecular complexity index is 861. The standard InChI is InChI=1S/C25H37NO4/c1-23(2,3)16-13-19(28)21-17-12-15(22(29)26-24(4,5)10-11-27)8-9-18(17)25(6,7)30-20(21)14-16/h8,13-14,17-18,27-28H,9-12H2,1-7H3,(H,26,29)/t17-,18-/m1/s1. The Morgan fingerprint density at radius 2 is 1.90 bits per heavy atom. The first-order chi connectivity index (χ1) is 13.7. The van der Waals surface area contributed by atoms with E-state index in [0.717, 1.165) is 28.9 Å². The second kappa shape index (κ2) is 7.60. The van der Waals surface area contributed by atoms with Crippen LogP contribution in [-0.4, -0.2) is 33.9 Å². The monoisotopic (exact) mass is 415 g/mol. The van der Waals surface area contributed by atoms with Crippen molar-refractivity contribution in [1.29, 1.82) is 0 Å². The van der Waals surface area contributed by atoms with E-state index in [-0.39, 0.29) is 35.5 Å². The van der Waals surface area contributed by atoms with Gasteiger partial charge in [0.15, 0.2) is 0 Å². The molecule has 1 aromatic rings. The first-order valence-electron chi connectivity index (χ1n) is 10.9. The number of amides is 1. The second-order valence-corrected chi connectivity index (χ2v) is 11.1. The van der Waals surface area contributed by atoms with Crippen LogP contribution >= 0.6 is 0 Å². The van der Waals surface area contributed by atoms with Crippen molar-refractivity contribution >= 4 is 5.91 Å². The molecular weight excluding hydrogens is 378 g/mol. The molecule has 1 aliphatic heterocycles. The molecule has 5 nitrogen and oxygen atoms in total. The number of hydrogen-bond donors (Lipinski definition) is 3. The van der Waals surface area contributed by atoms with Gasteiger partial charge in [0.1, 0.15) is 17.1 Å². The number of nitrogens with one attached hydrogen (secondary N) is 1. The summed E-state index contributed by atoms with van der Waals surface area (Å²) < 4.78 is 6.40. The van der Waals surface area contributed by atoms with Crippen LogP contribution in [0, 0.1) is 5.92 Å². The summed E-state index contributed by atoms with van der Waals surface area (Å²) in [6.07, 6.45) is 3.80. The van der Waals surface area contributed by atoms with Gasteiger partial charge in [-0.15, -0.1) is 0 Å². The van der Waals surface area contributed by atoms with E-state index >= 15 is 0 Å². The molecule has 1 aromatic carbocycles. The van der Waals surface area contributed by atoms with Crippen LogP contribution in [0.25, 0.3) is 0 Å². The van der Waals surface area contributed by atoms with Gasteiger partial charge < -0.3 is 20.3 Å². The average Bonchev–Trinajstić information content (AvgIpc) is 2.59. The zero-order valence-electron chi connectivity index (χ0n) is 19.4. The summed E-state index contributed by atoms with van der Waals surface area (Å²) in [7, 11) is 0. The van der Waals surface area contributed by atoms with Crippen molar-refractivity contribution in [2.75, 3.05) is 6.61 Å². The van der Waals surface area contributed by atoms with Gasteiger partial charge in [-0.05, 0) is 70.1 Å². The quantitative estimate of drug-likeness (QED) is 0.674. The summed E-state index contributed by atoms with van der Waals surface area (Å²) in [6, 6.07) is 3.90. The summed E-state index contributed by atoms with van der Waals surface area (Å²) in [5.41, 5.74) is 1.62. The lowest BCUT2D eigenvalue weighted by Crippen LogP contribution is -2.48. The van der Waals surface area contributed by atoms with Gasteiger partial charge in [0.05, 0.1) is 0 Å². The number of phenolic OH excluding ortho intramolecular Hbond substituents is 1. The number of allylic oxidation sites excluding steroid dienone is 1. The lowest BCUT2D eigenvalue weighted by Gasteiger charge is -2.47. The van der Waals surface area contributed by atoms with Crippen LogP contribution < -0.4 is 10.1 Å². The Kier molecular flexibility index (Phi) is 5.74. The normalized spacial score (nSPS) is 23.0. The number of phenols is 1. The molecule has 5 heteroatoms. The molecule has 1 aliphatic carbocycles. The fourth-order valence-electron chi connectivity index (χ4n) is 4.74. The summed E-state index contributed by atoms with van der Waals surface area (Å²) in [5.74, 6) is 1.09. The van der Waals surface area contributed by atoms with Crippen LogP contribution in [0.5, 0.6) is 11.5 Å². The van der Waals surface area contributed by atoms with Crippen molar-refractivity contribution in [2.24, 2.45) is 5.92 Å². The maximum Gasteiger partial charge on any atom is 0.247 e. The van der Waals surface area contributed by atoms with E-state index in [4.69, 9.17) is 4.74 Å². The van der Waals surface area contributed by atoms with Gasteiger partial charge in [0.25, 0.3) is 0 Å². The largest absolute Gasteiger partial charge is 0.508 e. The van der Waals surface area contributed by atoms with Crippen molar-refractivity contribution in [3.63, 3.8) is 0 Å². The maximum atomic E-state index is 13.0. The van der Waals surface area contributed by atoms with Gasteiger partial charge in [-0.1, -0.05) is 26.8 Å². The summed E-state index contributed by atoms with van der Waals surface area (Å²) in [5, 5.41) is 23.3. The van der Waals surface area contributed by atoms with Crippen LogP contribution in [0.4, 0.5) is 0 Å². The number of benzene rings is 1. The van der Waals surface area contributed by atoms with Crippen molar-refractivity contribution in [1.82, 2.24) is 5.32 Å². The van der Waals surface area contributed by atoms with Crippen molar-refractivity contribution < 1.29 is 19.7 Å². The zero-order chi connectivity index (χ0) is 22.5. The molecule has 2 atom stereocenters. The molecule has 3 N–H and O–H groups in total. The van der Waals surface area contributed by atoms with Crippen LogP contribution in [0.15, 0.2) is 23.8 Å². The SMILES string of the molecule is CC(C)(CCO)NC(=O)C1=CC[C@@H]2[C@@H](C1)c1c(O)cc(C(C)(C)C)cc1OC2(C)C. The molecule has 0 saturated carbocycles. The van der Waals surface area contributed by atoms with E-state index in [1.807, 2.05) is 26.0 Å². The molecule has 30 heavy (non-hydrogen) atoms. The number of rotatable bonds is 4. The van der Waals surface area contributed by atoms with Crippen LogP contribution in [-0.2, 0) is 10.2 Å². The molecular formula is C25H37NO4. The van der Waals surface area contributed by atoms with E-state index in [0.29, 0.717) is 12.8 Å². The minimum atomic E-state index is -0.472. The van der Waals surface area contributed by atoms with Crippen LogP contribution in [0.2, 0.25) is 0 Å². The van der Waals surface area contributed by atoms with Gasteiger partial charge in [-0.3, -0.25) is 4.79 Å². The number of aliphatic hydroxyl groups is 1. The highest BCUT2D eigenvalue weighted by molar-refractivity contribution is 5.94. The number of fused-ring (bicyclic) bond motifs is 3. The van der Waals surface area contributed by atoms with Gasteiger partial charge in [0, 0.05) is 35.1 Å². The summed E-state index contributed by atoms with van der Waals surface area (Å²) in [6.45, 7) is 14.4.